The van der Waals surface area contributed by atoms with E-state index in [0.717, 1.165) is 69.6 Å². The van der Waals surface area contributed by atoms with E-state index in [4.69, 9.17) is 4.42 Å². The molecule has 4 nitrogen and oxygen atoms in total. The third-order valence-electron chi connectivity index (χ3n) is 9.64. The molecule has 0 unspecified atom stereocenters. The summed E-state index contributed by atoms with van der Waals surface area (Å²) in [6.45, 7) is 16.3. The molecule has 7 rings (SSSR count). The quantitative estimate of drug-likeness (QED) is 0.179. The second kappa shape index (κ2) is 8.84. The van der Waals surface area contributed by atoms with E-state index in [1.807, 2.05) is 38.1 Å². The highest BCUT2D eigenvalue weighted by Crippen LogP contribution is 2.54. The smallest absolute Gasteiger partial charge is 0.418 e. The molecule has 43 heavy (non-hydrogen) atoms. The number of anilines is 1. The van der Waals surface area contributed by atoms with E-state index in [9.17, 15) is 4.79 Å². The van der Waals surface area contributed by atoms with Gasteiger partial charge in [0.05, 0.1) is 15.8 Å². The second-order valence-corrected chi connectivity index (χ2v) is 15.5. The van der Waals surface area contributed by atoms with Crippen LogP contribution in [0.1, 0.15) is 83.6 Å². The van der Waals surface area contributed by atoms with Crippen molar-refractivity contribution in [3.05, 3.63) is 69.1 Å². The molecule has 4 heterocycles. The Labute approximate surface area is 252 Å². The number of nitrogens with zero attached hydrogens (tertiary/aromatic N) is 2. The van der Waals surface area contributed by atoms with Gasteiger partial charge in [0.1, 0.15) is 16.2 Å². The molecule has 0 saturated heterocycles. The Bertz CT molecular complexity index is 2040. The highest BCUT2D eigenvalue weighted by molar-refractivity contribution is 7.22. The maximum Gasteiger partial charge on any atom is 0.418 e. The van der Waals surface area contributed by atoms with E-state index in [1.165, 1.54) is 0 Å². The molecule has 0 N–H and O–H groups in total. The van der Waals surface area contributed by atoms with Crippen molar-refractivity contribution < 1.29 is 17.6 Å². The third kappa shape index (κ3) is 4.23. The number of alkyl halides is 3. The molecule has 0 spiro atoms. The van der Waals surface area contributed by atoms with Gasteiger partial charge in [-0.25, -0.2) is 9.78 Å². The van der Waals surface area contributed by atoms with Crippen LogP contribution in [0.25, 0.3) is 42.5 Å². The Morgan fingerprint density at radius 2 is 1.63 bits per heavy atom. The zero-order valence-corrected chi connectivity index (χ0v) is 26.4. The van der Waals surface area contributed by atoms with Crippen LogP contribution < -0.4 is 10.5 Å². The molecule has 0 bridgehead atoms. The maximum atomic E-state index is 15.2. The van der Waals surface area contributed by atoms with Crippen molar-refractivity contribution >= 4 is 49.0 Å². The Morgan fingerprint density at radius 1 is 0.930 bits per heavy atom. The SMILES string of the molecule is CC(C)(C)c1ccc2c(ccc3nc(-c4c(C(F)(F)F)c5cc6c7c(c5oc4=O)C(C)(C)CCN7CCC6(C)C)sc32)c1. The Kier molecular flexibility index (Phi) is 5.83. The Balaban J connectivity index is 1.56. The fraction of sp³-hybridized carbons (Fsp3) is 0.429. The van der Waals surface area contributed by atoms with Gasteiger partial charge in [-0.05, 0) is 57.7 Å². The van der Waals surface area contributed by atoms with Crippen molar-refractivity contribution in [2.24, 2.45) is 0 Å². The molecule has 2 aromatic heterocycles. The van der Waals surface area contributed by atoms with Crippen molar-refractivity contribution in [3.8, 4) is 10.6 Å². The average Bonchev–Trinajstić information content (AvgIpc) is 3.33. The Morgan fingerprint density at radius 3 is 2.30 bits per heavy atom. The molecule has 3 aromatic carbocycles. The monoisotopic (exact) mass is 604 g/mol. The second-order valence-electron chi connectivity index (χ2n) is 14.5. The fourth-order valence-corrected chi connectivity index (χ4v) is 8.14. The van der Waals surface area contributed by atoms with Crippen molar-refractivity contribution in [1.29, 1.82) is 0 Å². The number of hydrogen-bond acceptors (Lipinski definition) is 5. The number of rotatable bonds is 1. The number of halogens is 3. The topological polar surface area (TPSA) is 46.3 Å². The lowest BCUT2D eigenvalue weighted by atomic mass is 9.69. The molecule has 0 atom stereocenters. The number of fused-ring (bicyclic) bond motifs is 5. The first-order valence-corrected chi connectivity index (χ1v) is 15.6. The van der Waals surface area contributed by atoms with E-state index in [-0.39, 0.29) is 26.8 Å². The zero-order chi connectivity index (χ0) is 30.9. The van der Waals surface area contributed by atoms with Gasteiger partial charge in [0, 0.05) is 35.1 Å². The summed E-state index contributed by atoms with van der Waals surface area (Å²) in [6.07, 6.45) is -3.21. The molecule has 0 aliphatic carbocycles. The summed E-state index contributed by atoms with van der Waals surface area (Å²) in [5.41, 5.74) is 0.983. The predicted molar refractivity (Wildman–Crippen MR) is 170 cm³/mol. The molecule has 2 aliphatic heterocycles. The summed E-state index contributed by atoms with van der Waals surface area (Å²) in [5, 5.41) is 1.85. The molecular weight excluding hydrogens is 569 g/mol. The van der Waals surface area contributed by atoms with Gasteiger partial charge in [-0.15, -0.1) is 11.3 Å². The molecule has 0 fully saturated rings. The van der Waals surface area contributed by atoms with Crippen LogP contribution in [0.5, 0.6) is 0 Å². The number of aromatic nitrogens is 1. The first kappa shape index (κ1) is 28.4. The van der Waals surface area contributed by atoms with Gasteiger partial charge in [-0.2, -0.15) is 13.2 Å². The fourth-order valence-electron chi connectivity index (χ4n) is 7.00. The minimum atomic E-state index is -4.80. The van der Waals surface area contributed by atoms with Gasteiger partial charge in [0.15, 0.2) is 0 Å². The summed E-state index contributed by atoms with van der Waals surface area (Å²) in [5.74, 6) is 0. The third-order valence-corrected chi connectivity index (χ3v) is 10.8. The summed E-state index contributed by atoms with van der Waals surface area (Å²) in [6, 6.07) is 11.6. The first-order valence-electron chi connectivity index (χ1n) is 14.8. The molecular formula is C35H35F3N2O2S. The van der Waals surface area contributed by atoms with E-state index >= 15 is 13.2 Å². The van der Waals surface area contributed by atoms with Crippen LogP contribution in [-0.4, -0.2) is 18.1 Å². The van der Waals surface area contributed by atoms with Crippen molar-refractivity contribution in [2.75, 3.05) is 18.0 Å². The average molecular weight is 605 g/mol. The number of thiazole rings is 1. The molecule has 0 radical (unpaired) electrons. The Hall–Kier alpha value is -3.39. The summed E-state index contributed by atoms with van der Waals surface area (Å²) >= 11 is 1.12. The maximum absolute atomic E-state index is 15.2. The molecule has 0 amide bonds. The van der Waals surface area contributed by atoms with Crippen molar-refractivity contribution in [2.45, 2.75) is 83.7 Å². The number of benzene rings is 3. The van der Waals surface area contributed by atoms with E-state index in [0.29, 0.717) is 11.1 Å². The minimum absolute atomic E-state index is 0.0249. The molecule has 2 aliphatic rings. The predicted octanol–water partition coefficient (Wildman–Crippen LogP) is 9.71. The summed E-state index contributed by atoms with van der Waals surface area (Å²) in [7, 11) is 0. The summed E-state index contributed by atoms with van der Waals surface area (Å²) in [4.78, 5) is 20.6. The van der Waals surface area contributed by atoms with Crippen LogP contribution in [-0.2, 0) is 22.4 Å². The van der Waals surface area contributed by atoms with Gasteiger partial charge in [0.25, 0.3) is 0 Å². The van der Waals surface area contributed by atoms with Crippen LogP contribution in [0.2, 0.25) is 0 Å². The van der Waals surface area contributed by atoms with Crippen LogP contribution >= 0.6 is 11.3 Å². The number of hydrogen-bond donors (Lipinski definition) is 0. The van der Waals surface area contributed by atoms with E-state index in [2.05, 4.69) is 50.6 Å². The van der Waals surface area contributed by atoms with Gasteiger partial charge in [0.2, 0.25) is 0 Å². The molecule has 224 valence electrons. The van der Waals surface area contributed by atoms with Crippen LogP contribution in [0.3, 0.4) is 0 Å². The minimum Gasteiger partial charge on any atom is -0.422 e. The lowest BCUT2D eigenvalue weighted by Gasteiger charge is -2.48. The largest absolute Gasteiger partial charge is 0.422 e. The lowest BCUT2D eigenvalue weighted by Crippen LogP contribution is -2.45. The van der Waals surface area contributed by atoms with E-state index in [1.54, 1.807) is 6.07 Å². The van der Waals surface area contributed by atoms with Gasteiger partial charge in [-0.3, -0.25) is 0 Å². The van der Waals surface area contributed by atoms with Gasteiger partial charge < -0.3 is 9.32 Å². The van der Waals surface area contributed by atoms with Crippen LogP contribution in [0, 0.1) is 0 Å². The standard InChI is InChI=1S/C35H35F3N2O2S/c1-32(2,3)19-9-10-20-18(16-19)8-11-23-29(20)43-30(39-23)24-25(35(36,37)38)21-17-22-27-26(28(21)42-31(24)41)34(6,7)13-15-40(27)14-12-33(22,4)5/h8-11,16-17H,12-15H2,1-7H3. The van der Waals surface area contributed by atoms with Gasteiger partial charge >= 0.3 is 11.8 Å². The van der Waals surface area contributed by atoms with Crippen molar-refractivity contribution in [1.82, 2.24) is 4.98 Å². The molecule has 8 heteroatoms. The van der Waals surface area contributed by atoms with Crippen LogP contribution in [0.15, 0.2) is 45.6 Å². The zero-order valence-electron chi connectivity index (χ0n) is 25.5. The normalized spacial score (nSPS) is 18.0. The highest BCUT2D eigenvalue weighted by atomic mass is 32.1. The summed E-state index contributed by atoms with van der Waals surface area (Å²) < 4.78 is 52.4. The molecule has 5 aromatic rings. The van der Waals surface area contributed by atoms with E-state index < -0.39 is 28.3 Å². The molecule has 0 saturated carbocycles. The first-order chi connectivity index (χ1) is 20.0. The lowest BCUT2D eigenvalue weighted by molar-refractivity contribution is -0.136. The van der Waals surface area contributed by atoms with Crippen LogP contribution in [0.4, 0.5) is 18.9 Å². The van der Waals surface area contributed by atoms with Crippen molar-refractivity contribution in [3.63, 3.8) is 0 Å². The van der Waals surface area contributed by atoms with Gasteiger partial charge in [-0.1, -0.05) is 72.7 Å². The highest BCUT2D eigenvalue weighted by Gasteiger charge is 2.45.